The summed E-state index contributed by atoms with van der Waals surface area (Å²) in [7, 11) is -3.37. The molecule has 0 spiro atoms. The lowest BCUT2D eigenvalue weighted by Crippen LogP contribution is -2.59. The summed E-state index contributed by atoms with van der Waals surface area (Å²) in [6, 6.07) is 0. The van der Waals surface area contributed by atoms with Crippen molar-refractivity contribution in [2.24, 2.45) is 5.92 Å². The molecule has 0 bridgehead atoms. The van der Waals surface area contributed by atoms with Crippen LogP contribution in [0.1, 0.15) is 99.8 Å². The highest BCUT2D eigenvalue weighted by atomic mass is 32.2. The normalized spacial score (nSPS) is 19.6. The summed E-state index contributed by atoms with van der Waals surface area (Å²) in [6.45, 7) is 23.9. The second kappa shape index (κ2) is 16.1. The molecule has 0 amide bonds. The fourth-order valence-electron chi connectivity index (χ4n) is 4.02. The Morgan fingerprint density at radius 2 is 1.50 bits per heavy atom. The third-order valence-corrected chi connectivity index (χ3v) is 20.6. The number of Topliss-reactive ketones (excluding diaryl/α,β-unsaturated/α-hetero) is 1. The molecule has 9 heteroatoms. The summed E-state index contributed by atoms with van der Waals surface area (Å²) < 4.78 is 19.0. The van der Waals surface area contributed by atoms with Crippen LogP contribution in [-0.2, 0) is 23.2 Å². The third kappa shape index (κ3) is 11.2. The van der Waals surface area contributed by atoms with Crippen LogP contribution in [0.25, 0.3) is 0 Å². The van der Waals surface area contributed by atoms with Gasteiger partial charge in [-0.15, -0.1) is 11.8 Å². The van der Waals surface area contributed by atoms with Crippen molar-refractivity contribution in [2.45, 2.75) is 146 Å². The summed E-state index contributed by atoms with van der Waals surface area (Å²) in [6.07, 6.45) is 13.3. The average Bonchev–Trinajstić information content (AvgIpc) is 3.17. The molecule has 234 valence electrons. The minimum absolute atomic E-state index is 0.0502. The highest BCUT2D eigenvalue weighted by Crippen LogP contribution is 2.48. The Morgan fingerprint density at radius 1 is 0.925 bits per heavy atom. The average molecular weight is 633 g/mol. The van der Waals surface area contributed by atoms with Gasteiger partial charge >= 0.3 is 11.1 Å². The maximum Gasteiger partial charge on any atom is 0.376 e. The highest BCUT2D eigenvalue weighted by Gasteiger charge is 2.55. The van der Waals surface area contributed by atoms with Gasteiger partial charge in [-0.3, -0.25) is 4.79 Å². The summed E-state index contributed by atoms with van der Waals surface area (Å²) in [5.41, 5.74) is 0. The van der Waals surface area contributed by atoms with Gasteiger partial charge in [-0.2, -0.15) is 0 Å². The molecule has 0 aromatic rings. The predicted molar refractivity (Wildman–Crippen MR) is 180 cm³/mol. The number of rotatable bonds is 17. The number of ether oxygens (including phenoxy) is 1. The van der Waals surface area contributed by atoms with Gasteiger partial charge in [0, 0.05) is 6.42 Å². The SMILES string of the molecule is CCCCCCC=C[C@H]1CCC(=O)[C@@H]1SCCCSC(O[Si](C)(C)C(C)(C)C)(O[Si](C)(C)C(C)(C)C)C(=O)OC. The van der Waals surface area contributed by atoms with Crippen molar-refractivity contribution in [3.63, 3.8) is 0 Å². The molecule has 1 aliphatic carbocycles. The van der Waals surface area contributed by atoms with E-state index >= 15 is 0 Å². The van der Waals surface area contributed by atoms with Gasteiger partial charge in [-0.25, -0.2) is 4.79 Å². The largest absolute Gasteiger partial charge is 0.464 e. The van der Waals surface area contributed by atoms with Crippen LogP contribution in [0.3, 0.4) is 0 Å². The molecule has 2 atom stereocenters. The van der Waals surface area contributed by atoms with E-state index in [0.29, 0.717) is 23.9 Å². The van der Waals surface area contributed by atoms with Crippen molar-refractivity contribution in [1.82, 2.24) is 0 Å². The van der Waals surface area contributed by atoms with Crippen LogP contribution >= 0.6 is 23.5 Å². The van der Waals surface area contributed by atoms with Gasteiger partial charge in [0.05, 0.1) is 12.4 Å². The number of thioether (sulfide) groups is 2. The smallest absolute Gasteiger partial charge is 0.376 e. The molecular weight excluding hydrogens is 573 g/mol. The molecular formula is C31H60O5S2Si2. The molecule has 0 aromatic carbocycles. The van der Waals surface area contributed by atoms with Crippen molar-refractivity contribution in [2.75, 3.05) is 18.6 Å². The summed E-state index contributed by atoms with van der Waals surface area (Å²) in [5.74, 6) is 1.81. The fraction of sp³-hybridized carbons (Fsp3) is 0.871. The van der Waals surface area contributed by atoms with Crippen LogP contribution in [0, 0.1) is 5.92 Å². The van der Waals surface area contributed by atoms with Crippen molar-refractivity contribution < 1.29 is 23.2 Å². The van der Waals surface area contributed by atoms with Crippen molar-refractivity contribution in [1.29, 1.82) is 0 Å². The Kier molecular flexibility index (Phi) is 15.3. The number of esters is 1. The second-order valence-electron chi connectivity index (χ2n) is 14.2. The number of carbonyl (C=O) groups excluding carboxylic acids is 2. The van der Waals surface area contributed by atoms with E-state index in [1.54, 1.807) is 11.8 Å². The molecule has 0 heterocycles. The summed E-state index contributed by atoms with van der Waals surface area (Å²) >= 11 is 3.21. The zero-order chi connectivity index (χ0) is 30.8. The minimum atomic E-state index is -2.39. The van der Waals surface area contributed by atoms with Gasteiger partial charge in [0.2, 0.25) is 0 Å². The Balaban J connectivity index is 2.95. The zero-order valence-corrected chi connectivity index (χ0v) is 31.4. The highest BCUT2D eigenvalue weighted by molar-refractivity contribution is 8.01. The fourth-order valence-corrected chi connectivity index (χ4v) is 10.3. The van der Waals surface area contributed by atoms with Gasteiger partial charge in [0.1, 0.15) is 5.78 Å². The predicted octanol–water partition coefficient (Wildman–Crippen LogP) is 9.59. The molecule has 5 nitrogen and oxygen atoms in total. The van der Waals surface area contributed by atoms with E-state index < -0.39 is 27.7 Å². The van der Waals surface area contributed by atoms with Crippen LogP contribution in [0.15, 0.2) is 12.2 Å². The lowest BCUT2D eigenvalue weighted by Gasteiger charge is -2.48. The quantitative estimate of drug-likeness (QED) is 0.0520. The van der Waals surface area contributed by atoms with Crippen LogP contribution in [0.4, 0.5) is 0 Å². The van der Waals surface area contributed by atoms with E-state index in [2.05, 4.69) is 86.8 Å². The maximum atomic E-state index is 13.5. The topological polar surface area (TPSA) is 61.8 Å². The van der Waals surface area contributed by atoms with Crippen LogP contribution in [-0.4, -0.2) is 57.4 Å². The first-order valence-corrected chi connectivity index (χ1v) is 23.1. The van der Waals surface area contributed by atoms with E-state index in [1.807, 2.05) is 0 Å². The number of ketones is 1. The Hall–Kier alpha value is -0.0662. The summed E-state index contributed by atoms with van der Waals surface area (Å²) in [4.78, 5) is 26.1. The van der Waals surface area contributed by atoms with Crippen LogP contribution in [0.5, 0.6) is 0 Å². The number of carbonyl (C=O) groups is 2. The number of hydrogen-bond donors (Lipinski definition) is 0. The number of allylic oxidation sites excluding steroid dienone is 2. The molecule has 0 N–H and O–H groups in total. The molecule has 0 aliphatic heterocycles. The van der Waals surface area contributed by atoms with Crippen LogP contribution in [0.2, 0.25) is 36.3 Å². The van der Waals surface area contributed by atoms with Gasteiger partial charge in [0.15, 0.2) is 16.6 Å². The molecule has 0 radical (unpaired) electrons. The lowest BCUT2D eigenvalue weighted by atomic mass is 10.1. The molecule has 1 rings (SSSR count). The van der Waals surface area contributed by atoms with Crippen LogP contribution < -0.4 is 0 Å². The molecule has 1 aliphatic rings. The van der Waals surface area contributed by atoms with Crippen molar-refractivity contribution >= 4 is 51.9 Å². The molecule has 1 saturated carbocycles. The third-order valence-electron chi connectivity index (χ3n) is 8.74. The van der Waals surface area contributed by atoms with E-state index in [-0.39, 0.29) is 15.3 Å². The number of methoxy groups -OCH3 is 1. The molecule has 0 saturated heterocycles. The summed E-state index contributed by atoms with van der Waals surface area (Å²) in [5, 5.41) is -1.63. The molecule has 0 aromatic heterocycles. The lowest BCUT2D eigenvalue weighted by molar-refractivity contribution is -0.172. The first kappa shape index (κ1) is 38.0. The van der Waals surface area contributed by atoms with E-state index in [0.717, 1.165) is 25.0 Å². The number of unbranched alkanes of at least 4 members (excludes halogenated alkanes) is 4. The molecule has 40 heavy (non-hydrogen) atoms. The maximum absolute atomic E-state index is 13.5. The zero-order valence-electron chi connectivity index (χ0n) is 27.7. The van der Waals surface area contributed by atoms with Gasteiger partial charge in [-0.1, -0.05) is 91.6 Å². The monoisotopic (exact) mass is 632 g/mol. The Labute approximate surface area is 257 Å². The Morgan fingerprint density at radius 3 is 2.00 bits per heavy atom. The van der Waals surface area contributed by atoms with Crippen molar-refractivity contribution in [3.05, 3.63) is 12.2 Å². The first-order chi connectivity index (χ1) is 18.3. The Bertz CT molecular complexity index is 803. The molecule has 0 unspecified atom stereocenters. The van der Waals surface area contributed by atoms with Gasteiger partial charge in [-0.05, 0) is 79.4 Å². The van der Waals surface area contributed by atoms with E-state index in [9.17, 15) is 9.59 Å². The second-order valence-corrected chi connectivity index (χ2v) is 26.1. The van der Waals surface area contributed by atoms with Crippen molar-refractivity contribution in [3.8, 4) is 0 Å². The van der Waals surface area contributed by atoms with E-state index in [4.69, 9.17) is 13.6 Å². The van der Waals surface area contributed by atoms with Gasteiger partial charge in [0.25, 0.3) is 0 Å². The van der Waals surface area contributed by atoms with E-state index in [1.165, 1.54) is 44.6 Å². The first-order valence-electron chi connectivity index (χ1n) is 15.3. The standard InChI is InChI=1S/C31H60O5S2Si2/c1-13-14-15-16-17-18-20-25-21-22-26(32)27(25)37-23-19-24-38-31(28(33)34-8,35-39(9,10)29(2,3)4)36-40(11,12)30(5,6)7/h18,20,25,27H,13-17,19,21-24H2,1-12H3/t25-,27+/m0/s1. The van der Waals surface area contributed by atoms with Gasteiger partial charge < -0.3 is 13.6 Å². The molecule has 1 fully saturated rings. The minimum Gasteiger partial charge on any atom is -0.464 e. The number of hydrogen-bond acceptors (Lipinski definition) is 7.